The van der Waals surface area contributed by atoms with Gasteiger partial charge in [-0.25, -0.2) is 4.79 Å². The maximum atomic E-state index is 11.6. The van der Waals surface area contributed by atoms with Crippen LogP contribution in [0.5, 0.6) is 0 Å². The Hall–Kier alpha value is -0.710. The Balaban J connectivity index is 2.23. The van der Waals surface area contributed by atoms with Crippen LogP contribution in [0.4, 0.5) is 4.79 Å². The Labute approximate surface area is 120 Å². The quantitative estimate of drug-likeness (QED) is 0.865. The molecule has 0 bridgehead atoms. The molecular formula is C14H25NO3S. The van der Waals surface area contributed by atoms with Crippen molar-refractivity contribution in [2.75, 3.05) is 5.75 Å². The molecule has 0 aliphatic heterocycles. The normalized spacial score (nSPS) is 23.8. The molecule has 1 N–H and O–H groups in total. The third-order valence-electron chi connectivity index (χ3n) is 3.09. The predicted molar refractivity (Wildman–Crippen MR) is 78.3 cm³/mol. The van der Waals surface area contributed by atoms with Gasteiger partial charge in [0, 0.05) is 18.7 Å². The molecule has 1 fully saturated rings. The molecule has 0 atom stereocenters. The van der Waals surface area contributed by atoms with E-state index in [9.17, 15) is 9.59 Å². The minimum absolute atomic E-state index is 0.189. The number of carbonyl (C=O) groups excluding carboxylic acids is 2. The summed E-state index contributed by atoms with van der Waals surface area (Å²) in [6, 6.07) is 0.216. The third kappa shape index (κ3) is 7.45. The van der Waals surface area contributed by atoms with E-state index >= 15 is 0 Å². The van der Waals surface area contributed by atoms with Gasteiger partial charge < -0.3 is 10.1 Å². The molecule has 1 aliphatic rings. The van der Waals surface area contributed by atoms with Crippen LogP contribution in [0.15, 0.2) is 0 Å². The van der Waals surface area contributed by atoms with E-state index in [-0.39, 0.29) is 17.3 Å². The minimum atomic E-state index is -0.445. The van der Waals surface area contributed by atoms with Crippen LogP contribution in [0.2, 0.25) is 0 Å². The lowest BCUT2D eigenvalue weighted by Gasteiger charge is -2.29. The number of alkyl carbamates (subject to hydrolysis) is 1. The number of thioether (sulfide) groups is 1. The topological polar surface area (TPSA) is 55.4 Å². The summed E-state index contributed by atoms with van der Waals surface area (Å²) in [7, 11) is 0. The smallest absolute Gasteiger partial charge is 0.407 e. The number of hydrogen-bond acceptors (Lipinski definition) is 4. The number of carbonyl (C=O) groups is 2. The SMILES string of the molecule is CC(=O)SCC1CCC(NC(=O)OC(C)(C)C)CC1. The molecule has 110 valence electrons. The number of ether oxygens (including phenoxy) is 1. The lowest BCUT2D eigenvalue weighted by molar-refractivity contribution is -0.109. The summed E-state index contributed by atoms with van der Waals surface area (Å²) >= 11 is 1.41. The molecule has 1 amide bonds. The average Bonchev–Trinajstić information content (AvgIpc) is 2.25. The highest BCUT2D eigenvalue weighted by molar-refractivity contribution is 8.13. The van der Waals surface area contributed by atoms with Gasteiger partial charge in [-0.1, -0.05) is 11.8 Å². The molecule has 1 rings (SSSR count). The Kier molecular flexibility index (Phi) is 6.17. The van der Waals surface area contributed by atoms with Crippen LogP contribution in [0.25, 0.3) is 0 Å². The van der Waals surface area contributed by atoms with E-state index in [4.69, 9.17) is 4.74 Å². The van der Waals surface area contributed by atoms with Crippen molar-refractivity contribution in [1.82, 2.24) is 5.32 Å². The summed E-state index contributed by atoms with van der Waals surface area (Å²) < 4.78 is 5.25. The Morgan fingerprint density at radius 1 is 1.21 bits per heavy atom. The number of nitrogens with one attached hydrogen (secondary N) is 1. The van der Waals surface area contributed by atoms with Gasteiger partial charge in [-0.05, 0) is 52.4 Å². The molecule has 1 saturated carbocycles. The highest BCUT2D eigenvalue weighted by Gasteiger charge is 2.24. The molecule has 0 saturated heterocycles. The molecular weight excluding hydrogens is 262 g/mol. The maximum absolute atomic E-state index is 11.6. The van der Waals surface area contributed by atoms with Crippen LogP contribution in [0.3, 0.4) is 0 Å². The molecule has 0 aromatic carbocycles. The molecule has 5 heteroatoms. The molecule has 19 heavy (non-hydrogen) atoms. The van der Waals surface area contributed by atoms with Crippen molar-refractivity contribution in [3.8, 4) is 0 Å². The van der Waals surface area contributed by atoms with E-state index in [0.717, 1.165) is 31.4 Å². The van der Waals surface area contributed by atoms with Gasteiger partial charge in [-0.15, -0.1) is 0 Å². The zero-order valence-corrected chi connectivity index (χ0v) is 13.1. The first-order chi connectivity index (χ1) is 8.76. The van der Waals surface area contributed by atoms with Crippen molar-refractivity contribution in [3.63, 3.8) is 0 Å². The van der Waals surface area contributed by atoms with E-state index in [1.165, 1.54) is 11.8 Å². The van der Waals surface area contributed by atoms with Gasteiger partial charge in [-0.3, -0.25) is 4.79 Å². The standard InChI is InChI=1S/C14H25NO3S/c1-10(16)19-9-11-5-7-12(8-6-11)15-13(17)18-14(2,3)4/h11-12H,5-9H2,1-4H3,(H,15,17). The molecule has 4 nitrogen and oxygen atoms in total. The molecule has 0 aromatic rings. The van der Waals surface area contributed by atoms with Gasteiger partial charge >= 0.3 is 6.09 Å². The van der Waals surface area contributed by atoms with E-state index in [1.807, 2.05) is 20.8 Å². The summed E-state index contributed by atoms with van der Waals surface area (Å²) in [6.07, 6.45) is 3.76. The van der Waals surface area contributed by atoms with Gasteiger partial charge in [0.1, 0.15) is 5.60 Å². The van der Waals surface area contributed by atoms with Crippen molar-refractivity contribution >= 4 is 23.0 Å². The van der Waals surface area contributed by atoms with Crippen LogP contribution >= 0.6 is 11.8 Å². The zero-order chi connectivity index (χ0) is 14.5. The van der Waals surface area contributed by atoms with E-state index in [2.05, 4.69) is 5.32 Å². The number of rotatable bonds is 3. The van der Waals surface area contributed by atoms with Crippen LogP contribution in [-0.2, 0) is 9.53 Å². The fourth-order valence-electron chi connectivity index (χ4n) is 2.18. The summed E-state index contributed by atoms with van der Waals surface area (Å²) in [5, 5.41) is 3.11. The summed E-state index contributed by atoms with van der Waals surface area (Å²) in [4.78, 5) is 22.6. The zero-order valence-electron chi connectivity index (χ0n) is 12.3. The molecule has 0 spiro atoms. The van der Waals surface area contributed by atoms with Crippen LogP contribution < -0.4 is 5.32 Å². The summed E-state index contributed by atoms with van der Waals surface area (Å²) in [5.74, 6) is 1.51. The molecule has 0 aromatic heterocycles. The third-order valence-corrected chi connectivity index (χ3v) is 4.13. The number of hydrogen-bond donors (Lipinski definition) is 1. The summed E-state index contributed by atoms with van der Waals surface area (Å²) in [5.41, 5.74) is -0.445. The van der Waals surface area contributed by atoms with E-state index in [0.29, 0.717) is 5.92 Å². The first-order valence-corrected chi connectivity index (χ1v) is 7.87. The molecule has 0 radical (unpaired) electrons. The van der Waals surface area contributed by atoms with E-state index < -0.39 is 5.60 Å². The Bertz CT molecular complexity index is 317. The highest BCUT2D eigenvalue weighted by atomic mass is 32.2. The largest absolute Gasteiger partial charge is 0.444 e. The molecule has 1 aliphatic carbocycles. The lowest BCUT2D eigenvalue weighted by atomic mass is 9.87. The first kappa shape index (κ1) is 16.3. The van der Waals surface area contributed by atoms with Gasteiger partial charge in [0.15, 0.2) is 5.12 Å². The second kappa shape index (κ2) is 7.17. The van der Waals surface area contributed by atoms with Gasteiger partial charge in [0.05, 0.1) is 0 Å². The van der Waals surface area contributed by atoms with Crippen molar-refractivity contribution in [1.29, 1.82) is 0 Å². The minimum Gasteiger partial charge on any atom is -0.444 e. The van der Waals surface area contributed by atoms with Crippen molar-refractivity contribution in [2.45, 2.75) is 65.0 Å². The fourth-order valence-corrected chi connectivity index (χ4v) is 2.99. The van der Waals surface area contributed by atoms with Crippen LogP contribution in [-0.4, -0.2) is 28.6 Å². The summed E-state index contributed by atoms with van der Waals surface area (Å²) in [6.45, 7) is 7.20. The Morgan fingerprint density at radius 3 is 2.26 bits per heavy atom. The molecule has 0 heterocycles. The maximum Gasteiger partial charge on any atom is 0.407 e. The van der Waals surface area contributed by atoms with Crippen molar-refractivity contribution in [3.05, 3.63) is 0 Å². The van der Waals surface area contributed by atoms with E-state index in [1.54, 1.807) is 6.92 Å². The Morgan fingerprint density at radius 2 is 1.79 bits per heavy atom. The van der Waals surface area contributed by atoms with Gasteiger partial charge in [-0.2, -0.15) is 0 Å². The average molecular weight is 287 g/mol. The van der Waals surface area contributed by atoms with Crippen LogP contribution in [0, 0.1) is 5.92 Å². The highest BCUT2D eigenvalue weighted by Crippen LogP contribution is 2.27. The van der Waals surface area contributed by atoms with Crippen LogP contribution in [0.1, 0.15) is 53.4 Å². The van der Waals surface area contributed by atoms with Crippen molar-refractivity contribution in [2.24, 2.45) is 5.92 Å². The second-order valence-corrected chi connectivity index (χ2v) is 7.36. The second-order valence-electron chi connectivity index (χ2n) is 6.17. The number of amides is 1. The van der Waals surface area contributed by atoms with Crippen molar-refractivity contribution < 1.29 is 14.3 Å². The lowest BCUT2D eigenvalue weighted by Crippen LogP contribution is -2.41. The molecule has 0 unspecified atom stereocenters. The monoisotopic (exact) mass is 287 g/mol. The van der Waals surface area contributed by atoms with Gasteiger partial charge in [0.2, 0.25) is 0 Å². The van der Waals surface area contributed by atoms with Gasteiger partial charge in [0.25, 0.3) is 0 Å². The first-order valence-electron chi connectivity index (χ1n) is 6.89. The predicted octanol–water partition coefficient (Wildman–Crippen LogP) is 3.35. The fraction of sp³-hybridized carbons (Fsp3) is 0.857.